The number of oxazole rings is 1. The molecular weight excluding hydrogens is 378 g/mol. The van der Waals surface area contributed by atoms with Crippen molar-refractivity contribution in [1.29, 1.82) is 0 Å². The molecule has 0 spiro atoms. The van der Waals surface area contributed by atoms with E-state index in [1.54, 1.807) is 30.3 Å². The lowest BCUT2D eigenvalue weighted by Gasteiger charge is -2.35. The van der Waals surface area contributed by atoms with Crippen molar-refractivity contribution in [2.75, 3.05) is 31.1 Å². The van der Waals surface area contributed by atoms with Gasteiger partial charge in [0.25, 0.3) is 0 Å². The van der Waals surface area contributed by atoms with Gasteiger partial charge in [0.1, 0.15) is 4.90 Å². The van der Waals surface area contributed by atoms with Crippen LogP contribution in [-0.4, -0.2) is 43.9 Å². The molecule has 0 radical (unpaired) electrons. The minimum atomic E-state index is -3.62. The van der Waals surface area contributed by atoms with E-state index in [9.17, 15) is 13.2 Å². The second-order valence-electron chi connectivity index (χ2n) is 6.02. The largest absolute Gasteiger partial charge is 0.417 e. The zero-order valence-corrected chi connectivity index (χ0v) is 15.3. The summed E-state index contributed by atoms with van der Waals surface area (Å²) in [7, 11) is -3.62. The van der Waals surface area contributed by atoms with Crippen LogP contribution in [-0.2, 0) is 10.0 Å². The van der Waals surface area contributed by atoms with Crippen molar-refractivity contribution in [1.82, 2.24) is 9.29 Å². The maximum atomic E-state index is 12.8. The van der Waals surface area contributed by atoms with Gasteiger partial charge in [0.15, 0.2) is 5.58 Å². The Labute approximate surface area is 154 Å². The quantitative estimate of drug-likeness (QED) is 0.737. The van der Waals surface area contributed by atoms with Crippen LogP contribution in [0.4, 0.5) is 5.69 Å². The molecule has 0 unspecified atom stereocenters. The molecule has 1 fully saturated rings. The number of H-pyrrole nitrogens is 1. The molecule has 1 aliphatic heterocycles. The molecule has 2 heterocycles. The summed E-state index contributed by atoms with van der Waals surface area (Å²) in [4.78, 5) is 16.1. The van der Waals surface area contributed by atoms with Gasteiger partial charge in [-0.1, -0.05) is 23.7 Å². The second kappa shape index (κ2) is 6.46. The predicted octanol–water partition coefficient (Wildman–Crippen LogP) is 2.29. The molecule has 0 amide bonds. The van der Waals surface area contributed by atoms with Crippen molar-refractivity contribution in [2.45, 2.75) is 4.90 Å². The van der Waals surface area contributed by atoms with Crippen LogP contribution in [0.25, 0.3) is 11.1 Å². The molecule has 7 nitrogen and oxygen atoms in total. The number of aromatic nitrogens is 1. The van der Waals surface area contributed by atoms with E-state index in [0.717, 1.165) is 5.69 Å². The Balaban J connectivity index is 1.53. The van der Waals surface area contributed by atoms with Gasteiger partial charge in [0, 0.05) is 37.9 Å². The number of hydrogen-bond donors (Lipinski definition) is 1. The van der Waals surface area contributed by atoms with Crippen molar-refractivity contribution in [3.63, 3.8) is 0 Å². The predicted molar refractivity (Wildman–Crippen MR) is 99.3 cm³/mol. The highest BCUT2D eigenvalue weighted by atomic mass is 35.5. The number of nitrogens with zero attached hydrogens (tertiary/aromatic N) is 2. The first-order valence-electron chi connectivity index (χ1n) is 8.08. The van der Waals surface area contributed by atoms with E-state index < -0.39 is 15.8 Å². The minimum Gasteiger partial charge on any atom is -0.408 e. The molecule has 1 aliphatic rings. The Bertz CT molecular complexity index is 1110. The van der Waals surface area contributed by atoms with Crippen LogP contribution in [0.1, 0.15) is 0 Å². The van der Waals surface area contributed by atoms with Gasteiger partial charge in [0.2, 0.25) is 10.0 Å². The molecule has 4 rings (SSSR count). The Hall–Kier alpha value is -2.29. The maximum Gasteiger partial charge on any atom is 0.417 e. The summed E-state index contributed by atoms with van der Waals surface area (Å²) in [6.07, 6.45) is 0. The first-order valence-corrected chi connectivity index (χ1v) is 9.89. The first kappa shape index (κ1) is 17.1. The summed E-state index contributed by atoms with van der Waals surface area (Å²) in [6.45, 7) is 1.76. The van der Waals surface area contributed by atoms with E-state index in [2.05, 4.69) is 9.88 Å². The highest BCUT2D eigenvalue weighted by Crippen LogP contribution is 2.27. The molecule has 26 heavy (non-hydrogen) atoms. The summed E-state index contributed by atoms with van der Waals surface area (Å²) < 4.78 is 32.1. The normalized spacial score (nSPS) is 16.3. The third-order valence-electron chi connectivity index (χ3n) is 4.46. The van der Waals surface area contributed by atoms with Crippen LogP contribution < -0.4 is 10.7 Å². The van der Waals surface area contributed by atoms with Gasteiger partial charge in [-0.15, -0.1) is 0 Å². The number of fused-ring (bicyclic) bond motifs is 1. The van der Waals surface area contributed by atoms with Crippen LogP contribution in [0.15, 0.2) is 56.6 Å². The average Bonchev–Trinajstić information content (AvgIpc) is 3.01. The smallest absolute Gasteiger partial charge is 0.408 e. The maximum absolute atomic E-state index is 12.8. The Morgan fingerprint density at radius 3 is 2.50 bits per heavy atom. The topological polar surface area (TPSA) is 86.6 Å². The Morgan fingerprint density at radius 1 is 1.04 bits per heavy atom. The molecule has 0 bridgehead atoms. The molecule has 0 saturated carbocycles. The minimum absolute atomic E-state index is 0.130. The highest BCUT2D eigenvalue weighted by Gasteiger charge is 2.30. The van der Waals surface area contributed by atoms with Crippen molar-refractivity contribution >= 4 is 38.4 Å². The summed E-state index contributed by atoms with van der Waals surface area (Å²) in [6, 6.07) is 11.9. The van der Waals surface area contributed by atoms with E-state index in [1.807, 2.05) is 6.07 Å². The molecule has 136 valence electrons. The fourth-order valence-corrected chi connectivity index (χ4v) is 5.03. The Morgan fingerprint density at radius 2 is 1.77 bits per heavy atom. The van der Waals surface area contributed by atoms with Crippen LogP contribution >= 0.6 is 11.6 Å². The van der Waals surface area contributed by atoms with Gasteiger partial charge in [0.05, 0.1) is 10.5 Å². The zero-order valence-electron chi connectivity index (χ0n) is 13.7. The van der Waals surface area contributed by atoms with Crippen LogP contribution in [0.3, 0.4) is 0 Å². The van der Waals surface area contributed by atoms with Gasteiger partial charge >= 0.3 is 5.76 Å². The highest BCUT2D eigenvalue weighted by molar-refractivity contribution is 7.89. The molecule has 1 saturated heterocycles. The monoisotopic (exact) mass is 393 g/mol. The third-order valence-corrected chi connectivity index (χ3v) is 6.86. The number of rotatable bonds is 3. The molecule has 3 aromatic rings. The van der Waals surface area contributed by atoms with Crippen molar-refractivity contribution in [2.24, 2.45) is 0 Å². The molecular formula is C17H16ClN3O4S. The number of anilines is 1. The number of piperazine rings is 1. The van der Waals surface area contributed by atoms with Crippen molar-refractivity contribution in [3.8, 4) is 0 Å². The van der Waals surface area contributed by atoms with E-state index in [-0.39, 0.29) is 9.92 Å². The number of nitrogens with one attached hydrogen (secondary N) is 1. The number of sulfonamides is 1. The molecule has 0 aliphatic carbocycles. The average molecular weight is 394 g/mol. The first-order chi connectivity index (χ1) is 12.4. The zero-order chi connectivity index (χ0) is 18.3. The number of hydrogen-bond acceptors (Lipinski definition) is 5. The van der Waals surface area contributed by atoms with Crippen molar-refractivity contribution in [3.05, 3.63) is 58.0 Å². The molecule has 0 atom stereocenters. The van der Waals surface area contributed by atoms with Gasteiger partial charge in [-0.05, 0) is 24.3 Å². The summed E-state index contributed by atoms with van der Waals surface area (Å²) in [5.74, 6) is -0.493. The Kier molecular flexibility index (Phi) is 4.26. The van der Waals surface area contributed by atoms with Gasteiger partial charge < -0.3 is 9.32 Å². The lowest BCUT2D eigenvalue weighted by molar-refractivity contribution is 0.385. The molecule has 1 aromatic heterocycles. The van der Waals surface area contributed by atoms with Crippen molar-refractivity contribution < 1.29 is 12.8 Å². The van der Waals surface area contributed by atoms with E-state index in [1.165, 1.54) is 10.4 Å². The van der Waals surface area contributed by atoms with E-state index in [0.29, 0.717) is 37.3 Å². The molecule has 2 aromatic carbocycles. The number of benzene rings is 2. The third kappa shape index (κ3) is 3.00. The van der Waals surface area contributed by atoms with Crippen LogP contribution in [0, 0.1) is 0 Å². The number of aromatic amines is 1. The van der Waals surface area contributed by atoms with Crippen LogP contribution in [0.5, 0.6) is 0 Å². The molecule has 1 N–H and O–H groups in total. The van der Waals surface area contributed by atoms with Gasteiger partial charge in [-0.2, -0.15) is 4.31 Å². The lowest BCUT2D eigenvalue weighted by atomic mass is 10.2. The summed E-state index contributed by atoms with van der Waals surface area (Å²) in [5, 5.41) is 0.225. The fraction of sp³-hybridized carbons (Fsp3) is 0.235. The summed E-state index contributed by atoms with van der Waals surface area (Å²) in [5.41, 5.74) is 2.01. The van der Waals surface area contributed by atoms with E-state index >= 15 is 0 Å². The van der Waals surface area contributed by atoms with Gasteiger partial charge in [-0.25, -0.2) is 13.2 Å². The van der Waals surface area contributed by atoms with E-state index in [4.69, 9.17) is 16.0 Å². The fourth-order valence-electron chi connectivity index (χ4n) is 3.11. The van der Waals surface area contributed by atoms with Gasteiger partial charge in [-0.3, -0.25) is 4.98 Å². The number of halogens is 1. The second-order valence-corrected chi connectivity index (χ2v) is 8.33. The molecule has 9 heteroatoms. The van der Waals surface area contributed by atoms with Crippen LogP contribution in [0.2, 0.25) is 5.02 Å². The lowest BCUT2D eigenvalue weighted by Crippen LogP contribution is -2.48. The standard InChI is InChI=1S/C17H16ClN3O4S/c18-13-3-1-2-4-16(13)26(23,24)21-9-7-20(8-10-21)12-5-6-14-15(11-12)25-17(22)19-14/h1-6,11H,7-10H2,(H,19,22). The SMILES string of the molecule is O=c1[nH]c2ccc(N3CCN(S(=O)(=O)c4ccccc4Cl)CC3)cc2o1. The summed E-state index contributed by atoms with van der Waals surface area (Å²) >= 11 is 6.05.